The molecule has 0 saturated heterocycles. The highest BCUT2D eigenvalue weighted by Gasteiger charge is 2.51. The van der Waals surface area contributed by atoms with Crippen LogP contribution in [0.25, 0.3) is 0 Å². The van der Waals surface area contributed by atoms with E-state index in [0.29, 0.717) is 5.56 Å². The molecule has 1 aromatic carbocycles. The van der Waals surface area contributed by atoms with Gasteiger partial charge in [-0.1, -0.05) is 32.0 Å². The third-order valence-corrected chi connectivity index (χ3v) is 4.43. The standard InChI is InChI=1S/C15H20N2O/c1-11-14(2,3)15(4,5)17(16-11)13(18)12-9-7-6-8-10-12/h6-10H,1-5H3. The van der Waals surface area contributed by atoms with Crippen LogP contribution >= 0.6 is 0 Å². The molecule has 0 N–H and O–H groups in total. The van der Waals surface area contributed by atoms with Crippen LogP contribution in [0.2, 0.25) is 0 Å². The minimum absolute atomic E-state index is 0.0366. The van der Waals surface area contributed by atoms with Crippen molar-refractivity contribution in [1.29, 1.82) is 0 Å². The highest BCUT2D eigenvalue weighted by Crippen LogP contribution is 2.43. The van der Waals surface area contributed by atoms with Crippen LogP contribution in [-0.2, 0) is 0 Å². The smallest absolute Gasteiger partial charge is 0.267 e. The molecule has 18 heavy (non-hydrogen) atoms. The summed E-state index contributed by atoms with van der Waals surface area (Å²) in [4.78, 5) is 12.5. The number of hydrazone groups is 1. The van der Waals surface area contributed by atoms with Crippen molar-refractivity contribution in [3.63, 3.8) is 0 Å². The predicted molar refractivity (Wildman–Crippen MR) is 73.6 cm³/mol. The van der Waals surface area contributed by atoms with Crippen molar-refractivity contribution in [3.8, 4) is 0 Å². The average Bonchev–Trinajstić information content (AvgIpc) is 2.49. The van der Waals surface area contributed by atoms with Gasteiger partial charge in [-0.05, 0) is 32.9 Å². The topological polar surface area (TPSA) is 32.7 Å². The van der Waals surface area contributed by atoms with Crippen LogP contribution in [-0.4, -0.2) is 22.2 Å². The zero-order valence-electron chi connectivity index (χ0n) is 11.7. The van der Waals surface area contributed by atoms with Crippen LogP contribution in [0.1, 0.15) is 45.0 Å². The van der Waals surface area contributed by atoms with Crippen LogP contribution in [0.5, 0.6) is 0 Å². The summed E-state index contributed by atoms with van der Waals surface area (Å²) in [7, 11) is 0. The van der Waals surface area contributed by atoms with Crippen molar-refractivity contribution in [2.75, 3.05) is 0 Å². The molecule has 0 unspecified atom stereocenters. The molecule has 1 heterocycles. The zero-order valence-corrected chi connectivity index (χ0v) is 11.7. The highest BCUT2D eigenvalue weighted by molar-refractivity contribution is 5.99. The van der Waals surface area contributed by atoms with Gasteiger partial charge < -0.3 is 0 Å². The molecular formula is C15H20N2O. The van der Waals surface area contributed by atoms with Crippen LogP contribution in [0.15, 0.2) is 35.4 Å². The second-order valence-corrected chi connectivity index (χ2v) is 5.85. The Morgan fingerprint density at radius 3 is 2.11 bits per heavy atom. The third kappa shape index (κ3) is 1.65. The van der Waals surface area contributed by atoms with Crippen LogP contribution in [0.4, 0.5) is 0 Å². The maximum absolute atomic E-state index is 12.5. The van der Waals surface area contributed by atoms with E-state index in [4.69, 9.17) is 0 Å². The summed E-state index contributed by atoms with van der Waals surface area (Å²) in [5.74, 6) is -0.0366. The number of hydrogen-bond donors (Lipinski definition) is 0. The van der Waals surface area contributed by atoms with Gasteiger partial charge in [-0.2, -0.15) is 5.10 Å². The van der Waals surface area contributed by atoms with E-state index in [9.17, 15) is 4.79 Å². The number of benzene rings is 1. The Hall–Kier alpha value is -1.64. The van der Waals surface area contributed by atoms with Crippen LogP contribution < -0.4 is 0 Å². The molecule has 1 aliphatic rings. The zero-order chi connectivity index (χ0) is 13.6. The lowest BCUT2D eigenvalue weighted by atomic mass is 9.72. The molecule has 0 atom stereocenters. The SMILES string of the molecule is CC1=NN(C(=O)c2ccccc2)C(C)(C)C1(C)C. The molecular weight excluding hydrogens is 224 g/mol. The average molecular weight is 244 g/mol. The fraction of sp³-hybridized carbons (Fsp3) is 0.467. The van der Waals surface area contributed by atoms with Gasteiger partial charge in [-0.15, -0.1) is 0 Å². The van der Waals surface area contributed by atoms with Gasteiger partial charge in [0.15, 0.2) is 0 Å². The number of carbonyl (C=O) groups excluding carboxylic acids is 1. The molecule has 0 spiro atoms. The molecule has 0 saturated carbocycles. The van der Waals surface area contributed by atoms with Gasteiger partial charge >= 0.3 is 0 Å². The molecule has 0 fully saturated rings. The van der Waals surface area contributed by atoms with Gasteiger partial charge in [-0.25, -0.2) is 5.01 Å². The van der Waals surface area contributed by atoms with Crippen molar-refractivity contribution in [3.05, 3.63) is 35.9 Å². The minimum Gasteiger partial charge on any atom is -0.267 e. The number of hydrogen-bond acceptors (Lipinski definition) is 2. The molecule has 3 heteroatoms. The second kappa shape index (κ2) is 3.94. The van der Waals surface area contributed by atoms with E-state index in [1.807, 2.05) is 37.3 Å². The van der Waals surface area contributed by atoms with E-state index in [2.05, 4.69) is 32.8 Å². The Bertz CT molecular complexity index is 500. The van der Waals surface area contributed by atoms with E-state index < -0.39 is 0 Å². The van der Waals surface area contributed by atoms with E-state index >= 15 is 0 Å². The Morgan fingerprint density at radius 2 is 1.67 bits per heavy atom. The number of carbonyl (C=O) groups is 1. The van der Waals surface area contributed by atoms with Crippen molar-refractivity contribution in [2.24, 2.45) is 10.5 Å². The summed E-state index contributed by atoms with van der Waals surface area (Å²) < 4.78 is 0. The van der Waals surface area contributed by atoms with E-state index in [0.717, 1.165) is 5.71 Å². The lowest BCUT2D eigenvalue weighted by Crippen LogP contribution is -2.50. The molecule has 0 aromatic heterocycles. The van der Waals surface area contributed by atoms with Gasteiger partial charge in [0.1, 0.15) is 0 Å². The second-order valence-electron chi connectivity index (χ2n) is 5.85. The van der Waals surface area contributed by atoms with E-state index in [1.54, 1.807) is 5.01 Å². The third-order valence-electron chi connectivity index (χ3n) is 4.43. The largest absolute Gasteiger partial charge is 0.274 e. The molecule has 0 aliphatic carbocycles. The molecule has 0 bridgehead atoms. The summed E-state index contributed by atoms with van der Waals surface area (Å²) in [6.45, 7) is 10.4. The molecule has 0 radical (unpaired) electrons. The van der Waals surface area contributed by atoms with E-state index in [-0.39, 0.29) is 16.9 Å². The quantitative estimate of drug-likeness (QED) is 0.746. The molecule has 96 valence electrons. The van der Waals surface area contributed by atoms with Crippen molar-refractivity contribution >= 4 is 11.6 Å². The number of nitrogens with zero attached hydrogens (tertiary/aromatic N) is 2. The first kappa shape index (κ1) is 12.8. The van der Waals surface area contributed by atoms with Gasteiger partial charge in [0.25, 0.3) is 5.91 Å². The Labute approximate surface area is 108 Å². The fourth-order valence-corrected chi connectivity index (χ4v) is 2.11. The van der Waals surface area contributed by atoms with Crippen molar-refractivity contribution in [1.82, 2.24) is 5.01 Å². The van der Waals surface area contributed by atoms with Crippen LogP contribution in [0, 0.1) is 5.41 Å². The van der Waals surface area contributed by atoms with Gasteiger partial charge in [0.05, 0.1) is 5.54 Å². The summed E-state index contributed by atoms with van der Waals surface area (Å²) in [6.07, 6.45) is 0. The summed E-state index contributed by atoms with van der Waals surface area (Å²) in [5, 5.41) is 6.09. The monoisotopic (exact) mass is 244 g/mol. The Kier molecular flexibility index (Phi) is 2.80. The maximum atomic E-state index is 12.5. The first-order valence-corrected chi connectivity index (χ1v) is 6.24. The minimum atomic E-state index is -0.315. The van der Waals surface area contributed by atoms with Gasteiger partial charge in [-0.3, -0.25) is 4.79 Å². The highest BCUT2D eigenvalue weighted by atomic mass is 16.2. The molecule has 3 nitrogen and oxygen atoms in total. The van der Waals surface area contributed by atoms with Crippen LogP contribution in [0.3, 0.4) is 0 Å². The fourth-order valence-electron chi connectivity index (χ4n) is 2.11. The summed E-state index contributed by atoms with van der Waals surface area (Å²) >= 11 is 0. The first-order valence-electron chi connectivity index (χ1n) is 6.24. The normalized spacial score (nSPS) is 20.7. The van der Waals surface area contributed by atoms with Gasteiger partial charge in [0.2, 0.25) is 0 Å². The van der Waals surface area contributed by atoms with E-state index in [1.165, 1.54) is 0 Å². The molecule has 1 aromatic rings. The van der Waals surface area contributed by atoms with Crippen molar-refractivity contribution < 1.29 is 4.79 Å². The predicted octanol–water partition coefficient (Wildman–Crippen LogP) is 3.32. The Balaban J connectivity index is 2.40. The summed E-state index contributed by atoms with van der Waals surface area (Å²) in [5.41, 5.74) is 1.25. The first-order chi connectivity index (χ1) is 8.28. The maximum Gasteiger partial charge on any atom is 0.274 e. The molecule has 1 aliphatic heterocycles. The van der Waals surface area contributed by atoms with Crippen molar-refractivity contribution in [2.45, 2.75) is 40.2 Å². The number of rotatable bonds is 1. The lowest BCUT2D eigenvalue weighted by molar-refractivity contribution is 0.0453. The number of amides is 1. The van der Waals surface area contributed by atoms with Gasteiger partial charge in [0, 0.05) is 16.7 Å². The molecule has 1 amide bonds. The summed E-state index contributed by atoms with van der Waals surface area (Å²) in [6, 6.07) is 9.31. The Morgan fingerprint density at radius 1 is 1.11 bits per heavy atom. The molecule has 2 rings (SSSR count). The lowest BCUT2D eigenvalue weighted by Gasteiger charge is -2.39.